The molecule has 4 rings (SSSR count). The number of aliphatic hydroxyl groups excluding tert-OH is 1. The van der Waals surface area contributed by atoms with Gasteiger partial charge in [0, 0.05) is 18.4 Å². The molecule has 43 heavy (non-hydrogen) atoms. The number of fused-ring (bicyclic) bond motifs is 2. The van der Waals surface area contributed by atoms with E-state index in [9.17, 15) is 25.1 Å². The lowest BCUT2D eigenvalue weighted by Crippen LogP contribution is -2.65. The zero-order valence-electron chi connectivity index (χ0n) is 26.1. The third-order valence-electron chi connectivity index (χ3n) is 9.39. The van der Waals surface area contributed by atoms with Gasteiger partial charge in [-0.25, -0.2) is 9.68 Å². The molecule has 9 atom stereocenters. The van der Waals surface area contributed by atoms with Gasteiger partial charge >= 0.3 is 11.9 Å². The third kappa shape index (κ3) is 6.86. The van der Waals surface area contributed by atoms with Crippen LogP contribution in [0.5, 0.6) is 5.75 Å². The summed E-state index contributed by atoms with van der Waals surface area (Å²) in [6, 6.07) is 6.98. The van der Waals surface area contributed by atoms with Crippen LogP contribution in [-0.4, -0.2) is 70.3 Å². The average Bonchev–Trinajstić information content (AvgIpc) is 2.92. The molecule has 0 saturated carbocycles. The number of ether oxygens (including phenoxy) is 5. The molecule has 3 heterocycles. The molecule has 2 saturated heterocycles. The molecular weight excluding hydrogens is 560 g/mol. The number of phenols is 1. The van der Waals surface area contributed by atoms with Crippen molar-refractivity contribution in [2.45, 2.75) is 116 Å². The molecule has 3 aliphatic rings. The number of phenolic OH excluding ortho intramolecular Hbond substituents is 1. The first-order valence-electron chi connectivity index (χ1n) is 14.9. The van der Waals surface area contributed by atoms with Gasteiger partial charge in [0.2, 0.25) is 5.79 Å². The van der Waals surface area contributed by atoms with Gasteiger partial charge in [-0.05, 0) is 56.7 Å². The van der Waals surface area contributed by atoms with E-state index in [0.717, 1.165) is 11.6 Å². The second kappa shape index (κ2) is 12.7. The van der Waals surface area contributed by atoms with E-state index in [0.29, 0.717) is 12.8 Å². The van der Waals surface area contributed by atoms with Crippen LogP contribution in [0.1, 0.15) is 85.3 Å². The molecular formula is C32H46O11. The summed E-state index contributed by atoms with van der Waals surface area (Å²) < 4.78 is 30.6. The summed E-state index contributed by atoms with van der Waals surface area (Å²) in [5.74, 6) is -2.93. The number of hydrogen-bond acceptors (Lipinski definition) is 11. The van der Waals surface area contributed by atoms with Crippen molar-refractivity contribution in [2.75, 3.05) is 7.11 Å². The number of methoxy groups -OCH3 is 1. The predicted octanol–water partition coefficient (Wildman–Crippen LogP) is 4.80. The smallest absolute Gasteiger partial charge is 0.334 e. The number of carbonyl (C=O) groups is 2. The Morgan fingerprint density at radius 3 is 2.47 bits per heavy atom. The van der Waals surface area contributed by atoms with Crippen molar-refractivity contribution in [2.24, 2.45) is 17.3 Å². The number of esters is 2. The lowest BCUT2D eigenvalue weighted by Gasteiger charge is -2.59. The van der Waals surface area contributed by atoms with Crippen molar-refractivity contribution in [1.82, 2.24) is 0 Å². The van der Waals surface area contributed by atoms with E-state index < -0.39 is 53.2 Å². The van der Waals surface area contributed by atoms with E-state index in [2.05, 4.69) is 6.92 Å². The first-order chi connectivity index (χ1) is 20.1. The Hall–Kier alpha value is -2.70. The topological polar surface area (TPSA) is 150 Å². The molecule has 3 N–H and O–H groups in total. The Bertz CT molecular complexity index is 1200. The molecule has 3 aliphatic heterocycles. The van der Waals surface area contributed by atoms with Gasteiger partial charge < -0.3 is 33.9 Å². The molecule has 0 amide bonds. The van der Waals surface area contributed by atoms with Crippen LogP contribution in [0.3, 0.4) is 0 Å². The molecule has 0 radical (unpaired) electrons. The highest BCUT2D eigenvalue weighted by Gasteiger charge is 2.64. The van der Waals surface area contributed by atoms with Crippen molar-refractivity contribution < 1.29 is 53.6 Å². The second-order valence-electron chi connectivity index (χ2n) is 13.2. The maximum Gasteiger partial charge on any atom is 0.334 e. The highest BCUT2D eigenvalue weighted by molar-refractivity contribution is 5.83. The number of cyclic esters (lactones) is 1. The minimum absolute atomic E-state index is 0.0126. The summed E-state index contributed by atoms with van der Waals surface area (Å²) in [6.45, 7) is 10.9. The van der Waals surface area contributed by atoms with E-state index in [4.69, 9.17) is 28.6 Å². The maximum absolute atomic E-state index is 13.2. The molecule has 1 spiro atoms. The van der Waals surface area contributed by atoms with Crippen LogP contribution in [-0.2, 0) is 38.2 Å². The van der Waals surface area contributed by atoms with Gasteiger partial charge in [-0.3, -0.25) is 10.1 Å². The minimum Gasteiger partial charge on any atom is -0.508 e. The van der Waals surface area contributed by atoms with Crippen LogP contribution in [0, 0.1) is 17.3 Å². The van der Waals surface area contributed by atoms with Crippen molar-refractivity contribution in [1.29, 1.82) is 0 Å². The van der Waals surface area contributed by atoms with Gasteiger partial charge in [0.25, 0.3) is 0 Å². The molecule has 1 aromatic carbocycles. The molecule has 3 bridgehead atoms. The second-order valence-corrected chi connectivity index (χ2v) is 13.2. The largest absolute Gasteiger partial charge is 0.508 e. The van der Waals surface area contributed by atoms with Crippen LogP contribution in [0.2, 0.25) is 0 Å². The van der Waals surface area contributed by atoms with Crippen LogP contribution < -0.4 is 0 Å². The Morgan fingerprint density at radius 1 is 1.12 bits per heavy atom. The molecule has 0 aromatic heterocycles. The summed E-state index contributed by atoms with van der Waals surface area (Å²) >= 11 is 0. The molecule has 2 fully saturated rings. The van der Waals surface area contributed by atoms with Crippen LogP contribution in [0.4, 0.5) is 0 Å². The number of hydrogen-bond donors (Lipinski definition) is 3. The molecule has 0 aliphatic carbocycles. The zero-order valence-corrected chi connectivity index (χ0v) is 26.1. The Morgan fingerprint density at radius 2 is 1.84 bits per heavy atom. The summed E-state index contributed by atoms with van der Waals surface area (Å²) in [7, 11) is 1.63. The Balaban J connectivity index is 1.70. The first-order valence-corrected chi connectivity index (χ1v) is 14.9. The monoisotopic (exact) mass is 606 g/mol. The normalized spacial score (nSPS) is 35.9. The van der Waals surface area contributed by atoms with E-state index in [1.165, 1.54) is 6.92 Å². The number of rotatable bonds is 8. The van der Waals surface area contributed by atoms with Gasteiger partial charge in [-0.1, -0.05) is 39.8 Å². The summed E-state index contributed by atoms with van der Waals surface area (Å²) in [5, 5.41) is 30.1. The van der Waals surface area contributed by atoms with Crippen molar-refractivity contribution in [3.05, 3.63) is 41.7 Å². The van der Waals surface area contributed by atoms with E-state index in [1.54, 1.807) is 32.2 Å². The van der Waals surface area contributed by atoms with Gasteiger partial charge in [0.15, 0.2) is 5.60 Å². The van der Waals surface area contributed by atoms with E-state index >= 15 is 0 Å². The standard InChI is InChI=1S/C32H46O11/c1-18(11-12-23(38-7)21-9-8-10-22(34)13-21)29-19(2)25-16-32(42-29)30(4,5)17-31(6,43-37)26(41-32)15-28(36)39-24(20(3)33)14-27(35)40-25/h8-10,13,15,18-20,23-25,29,33-34,37H,11-12,14,16-17H2,1-7H3/b26-15+/t18-,19-,20+,23-,24+,25-,29+,31-,32+/m0/s1. The predicted molar refractivity (Wildman–Crippen MR) is 153 cm³/mol. The molecule has 1 aromatic rings. The number of aromatic hydroxyl groups is 1. The van der Waals surface area contributed by atoms with Crippen LogP contribution >= 0.6 is 0 Å². The fraction of sp³-hybridized carbons (Fsp3) is 0.688. The average molecular weight is 607 g/mol. The van der Waals surface area contributed by atoms with Crippen LogP contribution in [0.25, 0.3) is 0 Å². The van der Waals surface area contributed by atoms with E-state index in [1.807, 2.05) is 26.8 Å². The van der Waals surface area contributed by atoms with Gasteiger partial charge in [-0.15, -0.1) is 0 Å². The fourth-order valence-electron chi connectivity index (χ4n) is 6.78. The lowest BCUT2D eigenvalue weighted by atomic mass is 9.66. The minimum atomic E-state index is -1.40. The number of aliphatic hydroxyl groups is 1. The molecule has 11 heteroatoms. The maximum atomic E-state index is 13.2. The van der Waals surface area contributed by atoms with E-state index in [-0.39, 0.29) is 48.7 Å². The summed E-state index contributed by atoms with van der Waals surface area (Å²) in [4.78, 5) is 31.0. The number of benzene rings is 1. The zero-order chi connectivity index (χ0) is 31.7. The SMILES string of the molecule is CO[C@@H](CC[C@H](C)[C@H]1O[C@@]23C[C@H](OC(=O)C[C@H]([C@@H](C)O)OC(=O)/C=C(/O2)[C@@](C)(OO)CC3(C)C)[C@@H]1C)c1cccc(O)c1. The molecule has 0 unspecified atom stereocenters. The quantitative estimate of drug-likeness (QED) is 0.213. The van der Waals surface area contributed by atoms with Crippen molar-refractivity contribution in [3.63, 3.8) is 0 Å². The molecule has 11 nitrogen and oxygen atoms in total. The summed E-state index contributed by atoms with van der Waals surface area (Å²) in [5.41, 5.74) is -1.32. The van der Waals surface area contributed by atoms with Gasteiger partial charge in [-0.2, -0.15) is 0 Å². The lowest BCUT2D eigenvalue weighted by molar-refractivity contribution is -0.403. The number of carbonyl (C=O) groups excluding carboxylic acids is 2. The third-order valence-corrected chi connectivity index (χ3v) is 9.39. The van der Waals surface area contributed by atoms with Crippen molar-refractivity contribution in [3.8, 4) is 5.75 Å². The highest BCUT2D eigenvalue weighted by atomic mass is 17.1. The van der Waals surface area contributed by atoms with Crippen molar-refractivity contribution >= 4 is 11.9 Å². The summed E-state index contributed by atoms with van der Waals surface area (Å²) in [6.07, 6.45) is -1.14. The first kappa shape index (κ1) is 33.2. The molecule has 240 valence electrons. The van der Waals surface area contributed by atoms with Crippen LogP contribution in [0.15, 0.2) is 36.1 Å². The fourth-order valence-corrected chi connectivity index (χ4v) is 6.78. The Labute approximate surface area is 253 Å². The Kier molecular flexibility index (Phi) is 9.83. The van der Waals surface area contributed by atoms with Gasteiger partial charge in [0.05, 0.1) is 37.2 Å². The van der Waals surface area contributed by atoms with Gasteiger partial charge in [0.1, 0.15) is 23.7 Å². The highest BCUT2D eigenvalue weighted by Crippen LogP contribution is 2.57.